The second kappa shape index (κ2) is 7.46. The summed E-state index contributed by atoms with van der Waals surface area (Å²) in [6.45, 7) is 2.71. The number of rotatable bonds is 6. The van der Waals surface area contributed by atoms with Gasteiger partial charge in [0.05, 0.1) is 22.1 Å². The molecule has 1 aliphatic rings. The number of nitro benzene ring substituents is 1. The van der Waals surface area contributed by atoms with E-state index in [1.807, 2.05) is 0 Å². The zero-order valence-electron chi connectivity index (χ0n) is 14.4. The molecule has 1 N–H and O–H groups in total. The Labute approximate surface area is 152 Å². The zero-order valence-corrected chi connectivity index (χ0v) is 15.2. The number of nitrogens with one attached hydrogen (secondary N) is 1. The molecule has 0 spiro atoms. The van der Waals surface area contributed by atoms with Crippen LogP contribution in [-0.4, -0.2) is 30.7 Å². The van der Waals surface area contributed by atoms with Crippen LogP contribution in [0.25, 0.3) is 0 Å². The minimum atomic E-state index is -3.72. The van der Waals surface area contributed by atoms with E-state index in [1.54, 1.807) is 19.1 Å². The second-order valence-electron chi connectivity index (χ2n) is 6.28. The average molecular weight is 379 g/mol. The van der Waals surface area contributed by atoms with Gasteiger partial charge in [0.1, 0.15) is 11.4 Å². The maximum Gasteiger partial charge on any atom is 0.293 e. The summed E-state index contributed by atoms with van der Waals surface area (Å²) in [7, 11) is -3.72. The predicted molar refractivity (Wildman–Crippen MR) is 96.5 cm³/mol. The number of sulfonamides is 1. The van der Waals surface area contributed by atoms with E-state index >= 15 is 0 Å². The van der Waals surface area contributed by atoms with Gasteiger partial charge in [0.15, 0.2) is 0 Å². The lowest BCUT2D eigenvalue weighted by Crippen LogP contribution is -2.35. The van der Waals surface area contributed by atoms with Crippen molar-refractivity contribution in [3.63, 3.8) is 0 Å². The van der Waals surface area contributed by atoms with E-state index < -0.39 is 14.9 Å². The molecule has 3 rings (SSSR count). The van der Waals surface area contributed by atoms with Gasteiger partial charge < -0.3 is 9.73 Å². The molecule has 26 heavy (non-hydrogen) atoms. The van der Waals surface area contributed by atoms with Crippen molar-refractivity contribution in [1.29, 1.82) is 0 Å². The van der Waals surface area contributed by atoms with E-state index in [0.29, 0.717) is 18.8 Å². The predicted octanol–water partition coefficient (Wildman–Crippen LogP) is 3.54. The van der Waals surface area contributed by atoms with Gasteiger partial charge in [-0.2, -0.15) is 4.31 Å². The summed E-state index contributed by atoms with van der Waals surface area (Å²) < 4.78 is 32.2. The molecule has 1 aromatic heterocycles. The summed E-state index contributed by atoms with van der Waals surface area (Å²) in [6, 6.07) is 7.17. The first-order chi connectivity index (χ1) is 12.4. The quantitative estimate of drug-likeness (QED) is 0.608. The zero-order chi connectivity index (χ0) is 18.7. The Hall–Kier alpha value is -2.39. The van der Waals surface area contributed by atoms with Crippen molar-refractivity contribution in [1.82, 2.24) is 4.31 Å². The summed E-state index contributed by atoms with van der Waals surface area (Å²) in [6.07, 6.45) is 4.14. The summed E-state index contributed by atoms with van der Waals surface area (Å²) in [4.78, 5) is 10.8. The molecule has 1 fully saturated rings. The Kier molecular flexibility index (Phi) is 5.28. The number of nitro groups is 1. The van der Waals surface area contributed by atoms with Gasteiger partial charge in [-0.05, 0) is 44.0 Å². The topological polar surface area (TPSA) is 106 Å². The third kappa shape index (κ3) is 3.73. The molecule has 0 amide bonds. The minimum Gasteiger partial charge on any atom is -0.467 e. The number of piperidine rings is 1. The fourth-order valence-electron chi connectivity index (χ4n) is 3.04. The number of nitrogens with zero attached hydrogens (tertiary/aromatic N) is 2. The van der Waals surface area contributed by atoms with Gasteiger partial charge in [0.2, 0.25) is 10.0 Å². The second-order valence-corrected chi connectivity index (χ2v) is 8.22. The maximum absolute atomic E-state index is 12.8. The Morgan fingerprint density at radius 1 is 1.23 bits per heavy atom. The first-order valence-electron chi connectivity index (χ1n) is 8.48. The van der Waals surface area contributed by atoms with Crippen molar-refractivity contribution in [2.45, 2.75) is 37.1 Å². The summed E-state index contributed by atoms with van der Waals surface area (Å²) >= 11 is 0. The van der Waals surface area contributed by atoms with Crippen molar-refractivity contribution in [2.75, 3.05) is 18.4 Å². The van der Waals surface area contributed by atoms with Gasteiger partial charge >= 0.3 is 0 Å². The fourth-order valence-corrected chi connectivity index (χ4v) is 4.58. The number of benzene rings is 1. The molecule has 8 nitrogen and oxygen atoms in total. The van der Waals surface area contributed by atoms with Crippen LogP contribution in [0, 0.1) is 10.1 Å². The van der Waals surface area contributed by atoms with Crippen LogP contribution in [0.3, 0.4) is 0 Å². The van der Waals surface area contributed by atoms with E-state index in [9.17, 15) is 18.5 Å². The van der Waals surface area contributed by atoms with Crippen LogP contribution >= 0.6 is 0 Å². The van der Waals surface area contributed by atoms with Crippen LogP contribution in [0.1, 0.15) is 38.0 Å². The maximum atomic E-state index is 12.8. The van der Waals surface area contributed by atoms with Crippen molar-refractivity contribution < 1.29 is 17.8 Å². The highest BCUT2D eigenvalue weighted by Crippen LogP contribution is 2.32. The fraction of sp³-hybridized carbons (Fsp3) is 0.412. The Bertz CT molecular complexity index is 874. The van der Waals surface area contributed by atoms with E-state index in [-0.39, 0.29) is 22.3 Å². The third-order valence-electron chi connectivity index (χ3n) is 4.46. The van der Waals surface area contributed by atoms with Crippen molar-refractivity contribution in [3.8, 4) is 0 Å². The van der Waals surface area contributed by atoms with Crippen LogP contribution in [0.5, 0.6) is 0 Å². The number of furan rings is 1. The average Bonchev–Trinajstić information content (AvgIpc) is 3.17. The summed E-state index contributed by atoms with van der Waals surface area (Å²) in [5, 5.41) is 14.5. The molecule has 1 saturated heterocycles. The highest BCUT2D eigenvalue weighted by molar-refractivity contribution is 7.89. The molecule has 1 atom stereocenters. The van der Waals surface area contributed by atoms with Crippen molar-refractivity contribution in [2.24, 2.45) is 0 Å². The Morgan fingerprint density at radius 3 is 2.58 bits per heavy atom. The molecule has 0 unspecified atom stereocenters. The van der Waals surface area contributed by atoms with Crippen LogP contribution in [0.15, 0.2) is 45.9 Å². The van der Waals surface area contributed by atoms with Gasteiger partial charge in [-0.1, -0.05) is 6.42 Å². The molecule has 1 aromatic carbocycles. The van der Waals surface area contributed by atoms with E-state index in [1.165, 1.54) is 22.7 Å². The molecule has 0 bridgehead atoms. The van der Waals surface area contributed by atoms with Crippen LogP contribution in [0.4, 0.5) is 11.4 Å². The monoisotopic (exact) mass is 379 g/mol. The Morgan fingerprint density at radius 2 is 1.96 bits per heavy atom. The molecular weight excluding hydrogens is 358 g/mol. The molecule has 9 heteroatoms. The molecule has 2 heterocycles. The molecule has 140 valence electrons. The van der Waals surface area contributed by atoms with Gasteiger partial charge in [-0.15, -0.1) is 0 Å². The first kappa shape index (κ1) is 18.4. The molecule has 2 aromatic rings. The van der Waals surface area contributed by atoms with Gasteiger partial charge in [0.25, 0.3) is 5.69 Å². The minimum absolute atomic E-state index is 0.0534. The van der Waals surface area contributed by atoms with Gasteiger partial charge in [-0.3, -0.25) is 10.1 Å². The molecule has 1 aliphatic heterocycles. The van der Waals surface area contributed by atoms with Crippen LogP contribution in [-0.2, 0) is 10.0 Å². The molecule has 0 radical (unpaired) electrons. The smallest absolute Gasteiger partial charge is 0.293 e. The van der Waals surface area contributed by atoms with Crippen molar-refractivity contribution >= 4 is 21.4 Å². The summed E-state index contributed by atoms with van der Waals surface area (Å²) in [5.74, 6) is 0.629. The highest BCUT2D eigenvalue weighted by Gasteiger charge is 2.29. The number of anilines is 1. The first-order valence-corrected chi connectivity index (χ1v) is 9.92. The van der Waals surface area contributed by atoms with E-state index in [0.717, 1.165) is 25.3 Å². The standard InChI is InChI=1S/C17H21N3O5S/c1-13(17-6-5-11-25-17)18-15-8-7-14(12-16(15)20(21)22)26(23,24)19-9-3-2-4-10-19/h5-8,11-13,18H,2-4,9-10H2,1H3/t13-/m1/s1. The van der Waals surface area contributed by atoms with Crippen molar-refractivity contribution in [3.05, 3.63) is 52.5 Å². The van der Waals surface area contributed by atoms with Crippen LogP contribution in [0.2, 0.25) is 0 Å². The Balaban J connectivity index is 1.90. The highest BCUT2D eigenvalue weighted by atomic mass is 32.2. The van der Waals surface area contributed by atoms with E-state index in [2.05, 4.69) is 5.32 Å². The lowest BCUT2D eigenvalue weighted by atomic mass is 10.2. The number of hydrogen-bond donors (Lipinski definition) is 1. The summed E-state index contributed by atoms with van der Waals surface area (Å²) in [5.41, 5.74) is -0.0296. The molecule has 0 saturated carbocycles. The van der Waals surface area contributed by atoms with Gasteiger partial charge in [-0.25, -0.2) is 8.42 Å². The molecule has 0 aliphatic carbocycles. The largest absolute Gasteiger partial charge is 0.467 e. The SMILES string of the molecule is C[C@@H](Nc1ccc(S(=O)(=O)N2CCCCC2)cc1[N+](=O)[O-])c1ccco1. The van der Waals surface area contributed by atoms with Gasteiger partial charge in [0, 0.05) is 19.2 Å². The lowest BCUT2D eigenvalue weighted by molar-refractivity contribution is -0.384. The molecular formula is C17H21N3O5S. The number of hydrogen-bond acceptors (Lipinski definition) is 6. The lowest BCUT2D eigenvalue weighted by Gasteiger charge is -2.26. The van der Waals surface area contributed by atoms with Crippen LogP contribution < -0.4 is 5.32 Å². The third-order valence-corrected chi connectivity index (χ3v) is 6.36. The van der Waals surface area contributed by atoms with E-state index in [4.69, 9.17) is 4.42 Å². The normalized spacial score (nSPS) is 17.0.